The van der Waals surface area contributed by atoms with Crippen molar-refractivity contribution >= 4 is 21.9 Å². The first-order valence-corrected chi connectivity index (χ1v) is 6.01. The lowest BCUT2D eigenvalue weighted by atomic mass is 10.0. The smallest absolute Gasteiger partial charge is 0.307 e. The van der Waals surface area contributed by atoms with Crippen LogP contribution in [0.2, 0.25) is 0 Å². The van der Waals surface area contributed by atoms with Crippen molar-refractivity contribution in [3.05, 3.63) is 58.6 Å². The van der Waals surface area contributed by atoms with E-state index < -0.39 is 5.97 Å². The Labute approximate surface area is 108 Å². The summed E-state index contributed by atoms with van der Waals surface area (Å²) in [7, 11) is 0. The molecule has 2 rings (SSSR count). The molecule has 2 nitrogen and oxygen atoms in total. The zero-order valence-electron chi connectivity index (χ0n) is 9.06. The van der Waals surface area contributed by atoms with E-state index >= 15 is 0 Å². The minimum absolute atomic E-state index is 0.0599. The predicted molar refractivity (Wildman–Crippen MR) is 70.9 cm³/mol. The Hall–Kier alpha value is -1.61. The lowest BCUT2D eigenvalue weighted by Gasteiger charge is -2.04. The minimum atomic E-state index is -0.807. The first kappa shape index (κ1) is 11.9. The zero-order valence-corrected chi connectivity index (χ0v) is 10.6. The van der Waals surface area contributed by atoms with Crippen molar-refractivity contribution in [3.8, 4) is 11.1 Å². The maximum Gasteiger partial charge on any atom is 0.307 e. The first-order valence-electron chi connectivity index (χ1n) is 5.22. The largest absolute Gasteiger partial charge is 0.481 e. The molecule has 2 aromatic carbocycles. The van der Waals surface area contributed by atoms with Gasteiger partial charge in [0.05, 0.1) is 6.42 Å². The molecule has 0 bridgehead atoms. The fourth-order valence-corrected chi connectivity index (χ4v) is 1.94. The molecule has 0 amide bonds. The van der Waals surface area contributed by atoms with Crippen LogP contribution in [0.5, 0.6) is 0 Å². The molecule has 0 saturated heterocycles. The molecule has 0 unspecified atom stereocenters. The lowest BCUT2D eigenvalue weighted by Crippen LogP contribution is -1.99. The average Bonchev–Trinajstić information content (AvgIpc) is 2.29. The lowest BCUT2D eigenvalue weighted by molar-refractivity contribution is -0.136. The van der Waals surface area contributed by atoms with Crippen molar-refractivity contribution in [2.45, 2.75) is 6.42 Å². The predicted octanol–water partition coefficient (Wildman–Crippen LogP) is 3.74. The Morgan fingerprint density at radius 3 is 2.41 bits per heavy atom. The minimum Gasteiger partial charge on any atom is -0.481 e. The molecular formula is C14H11BrO2. The third kappa shape index (κ3) is 3.17. The summed E-state index contributed by atoms with van der Waals surface area (Å²) in [6.45, 7) is 0. The summed E-state index contributed by atoms with van der Waals surface area (Å²) in [5.74, 6) is -0.807. The van der Waals surface area contributed by atoms with Crippen molar-refractivity contribution in [1.29, 1.82) is 0 Å². The number of aliphatic carboxylic acids is 1. The third-order valence-corrected chi connectivity index (χ3v) is 2.99. The van der Waals surface area contributed by atoms with Crippen molar-refractivity contribution in [2.24, 2.45) is 0 Å². The number of carboxylic acids is 1. The quantitative estimate of drug-likeness (QED) is 0.935. The van der Waals surface area contributed by atoms with Gasteiger partial charge in [-0.15, -0.1) is 0 Å². The summed E-state index contributed by atoms with van der Waals surface area (Å²) in [5.41, 5.74) is 2.94. The Balaban J connectivity index is 2.32. The maximum atomic E-state index is 10.7. The topological polar surface area (TPSA) is 37.3 Å². The van der Waals surface area contributed by atoms with Crippen LogP contribution in [0.25, 0.3) is 11.1 Å². The van der Waals surface area contributed by atoms with Gasteiger partial charge in [0.1, 0.15) is 0 Å². The average molecular weight is 291 g/mol. The first-order chi connectivity index (χ1) is 8.15. The standard InChI is InChI=1S/C14H11BrO2/c15-13-6-4-11(5-7-13)12-3-1-2-10(8-12)9-14(16)17/h1-8H,9H2,(H,16,17). The van der Waals surface area contributed by atoms with Crippen LogP contribution in [-0.2, 0) is 11.2 Å². The van der Waals surface area contributed by atoms with Crippen LogP contribution in [-0.4, -0.2) is 11.1 Å². The maximum absolute atomic E-state index is 10.7. The summed E-state index contributed by atoms with van der Waals surface area (Å²) >= 11 is 3.39. The van der Waals surface area contributed by atoms with E-state index in [0.717, 1.165) is 21.2 Å². The molecule has 0 atom stereocenters. The number of hydrogen-bond acceptors (Lipinski definition) is 1. The summed E-state index contributed by atoms with van der Waals surface area (Å²) in [4.78, 5) is 10.7. The number of carbonyl (C=O) groups is 1. The molecule has 0 aromatic heterocycles. The number of carboxylic acid groups (broad SMARTS) is 1. The van der Waals surface area contributed by atoms with Gasteiger partial charge in [0.2, 0.25) is 0 Å². The second-order valence-corrected chi connectivity index (χ2v) is 4.69. The number of benzene rings is 2. The van der Waals surface area contributed by atoms with Gasteiger partial charge in [-0.2, -0.15) is 0 Å². The molecule has 0 aliphatic carbocycles. The zero-order chi connectivity index (χ0) is 12.3. The van der Waals surface area contributed by atoms with Crippen LogP contribution < -0.4 is 0 Å². The molecule has 3 heteroatoms. The highest BCUT2D eigenvalue weighted by Crippen LogP contribution is 2.22. The molecular weight excluding hydrogens is 280 g/mol. The Kier molecular flexibility index (Phi) is 3.59. The van der Waals surface area contributed by atoms with Gasteiger partial charge in [-0.3, -0.25) is 4.79 Å². The molecule has 0 heterocycles. The fourth-order valence-electron chi connectivity index (χ4n) is 1.68. The van der Waals surface area contributed by atoms with E-state index in [4.69, 9.17) is 5.11 Å². The van der Waals surface area contributed by atoms with Crippen LogP contribution in [0.15, 0.2) is 53.0 Å². The SMILES string of the molecule is O=C(O)Cc1cccc(-c2ccc(Br)cc2)c1. The van der Waals surface area contributed by atoms with Gasteiger partial charge in [-0.1, -0.05) is 52.3 Å². The van der Waals surface area contributed by atoms with E-state index in [-0.39, 0.29) is 6.42 Å². The van der Waals surface area contributed by atoms with Gasteiger partial charge in [0.15, 0.2) is 0 Å². The van der Waals surface area contributed by atoms with Crippen LogP contribution in [0.4, 0.5) is 0 Å². The van der Waals surface area contributed by atoms with E-state index in [2.05, 4.69) is 15.9 Å². The molecule has 0 aliphatic heterocycles. The van der Waals surface area contributed by atoms with Crippen molar-refractivity contribution in [1.82, 2.24) is 0 Å². The summed E-state index contributed by atoms with van der Waals surface area (Å²) in [6.07, 6.45) is 0.0599. The van der Waals surface area contributed by atoms with Crippen molar-refractivity contribution < 1.29 is 9.90 Å². The Morgan fingerprint density at radius 1 is 1.06 bits per heavy atom. The molecule has 0 fully saturated rings. The van der Waals surface area contributed by atoms with E-state index in [1.807, 2.05) is 48.5 Å². The molecule has 1 N–H and O–H groups in total. The molecule has 0 aliphatic rings. The summed E-state index contributed by atoms with van der Waals surface area (Å²) in [6, 6.07) is 15.6. The van der Waals surface area contributed by atoms with E-state index in [0.29, 0.717) is 0 Å². The highest BCUT2D eigenvalue weighted by molar-refractivity contribution is 9.10. The van der Waals surface area contributed by atoms with Gasteiger partial charge >= 0.3 is 5.97 Å². The second-order valence-electron chi connectivity index (χ2n) is 3.78. The Morgan fingerprint density at radius 2 is 1.76 bits per heavy atom. The number of halogens is 1. The molecule has 0 radical (unpaired) electrons. The second kappa shape index (κ2) is 5.15. The molecule has 0 spiro atoms. The van der Waals surface area contributed by atoms with Crippen LogP contribution in [0.1, 0.15) is 5.56 Å². The van der Waals surface area contributed by atoms with Crippen LogP contribution >= 0.6 is 15.9 Å². The third-order valence-electron chi connectivity index (χ3n) is 2.46. The number of hydrogen-bond donors (Lipinski definition) is 1. The van der Waals surface area contributed by atoms with Crippen molar-refractivity contribution in [2.75, 3.05) is 0 Å². The monoisotopic (exact) mass is 290 g/mol. The van der Waals surface area contributed by atoms with Gasteiger partial charge in [-0.25, -0.2) is 0 Å². The number of rotatable bonds is 3. The van der Waals surface area contributed by atoms with Gasteiger partial charge in [-0.05, 0) is 28.8 Å². The van der Waals surface area contributed by atoms with Crippen LogP contribution in [0.3, 0.4) is 0 Å². The van der Waals surface area contributed by atoms with E-state index in [9.17, 15) is 4.79 Å². The molecule has 0 saturated carbocycles. The normalized spacial score (nSPS) is 10.2. The fraction of sp³-hybridized carbons (Fsp3) is 0.0714. The van der Waals surface area contributed by atoms with E-state index in [1.54, 1.807) is 0 Å². The van der Waals surface area contributed by atoms with Gasteiger partial charge in [0.25, 0.3) is 0 Å². The molecule has 17 heavy (non-hydrogen) atoms. The summed E-state index contributed by atoms with van der Waals surface area (Å²) < 4.78 is 1.03. The molecule has 86 valence electrons. The van der Waals surface area contributed by atoms with Crippen molar-refractivity contribution in [3.63, 3.8) is 0 Å². The highest BCUT2D eigenvalue weighted by Gasteiger charge is 2.02. The van der Waals surface area contributed by atoms with Gasteiger partial charge in [0, 0.05) is 4.47 Å². The van der Waals surface area contributed by atoms with Crippen LogP contribution in [0, 0.1) is 0 Å². The van der Waals surface area contributed by atoms with Gasteiger partial charge < -0.3 is 5.11 Å². The molecule has 2 aromatic rings. The van der Waals surface area contributed by atoms with E-state index in [1.165, 1.54) is 0 Å². The Bertz CT molecular complexity index is 532. The summed E-state index contributed by atoms with van der Waals surface area (Å²) in [5, 5.41) is 8.76. The highest BCUT2D eigenvalue weighted by atomic mass is 79.9.